The molecule has 0 bridgehead atoms. The first-order valence-corrected chi connectivity index (χ1v) is 7.33. The van der Waals surface area contributed by atoms with Crippen molar-refractivity contribution in [3.63, 3.8) is 0 Å². The summed E-state index contributed by atoms with van der Waals surface area (Å²) in [5, 5.41) is 2.85. The zero-order chi connectivity index (χ0) is 14.8. The fourth-order valence-corrected chi connectivity index (χ4v) is 2.69. The second-order valence-electron chi connectivity index (χ2n) is 6.52. The van der Waals surface area contributed by atoms with E-state index in [-0.39, 0.29) is 11.8 Å². The van der Waals surface area contributed by atoms with E-state index in [1.54, 1.807) is 18.7 Å². The van der Waals surface area contributed by atoms with Gasteiger partial charge >= 0.3 is 0 Å². The minimum atomic E-state index is -0.794. The Labute approximate surface area is 116 Å². The summed E-state index contributed by atoms with van der Waals surface area (Å²) in [7, 11) is 0. The van der Waals surface area contributed by atoms with Crippen LogP contribution < -0.4 is 5.32 Å². The first-order valence-electron chi connectivity index (χ1n) is 7.33. The van der Waals surface area contributed by atoms with Crippen LogP contribution in [0.25, 0.3) is 0 Å². The van der Waals surface area contributed by atoms with Crippen molar-refractivity contribution in [3.8, 4) is 0 Å². The summed E-state index contributed by atoms with van der Waals surface area (Å²) in [6.45, 7) is 12.3. The Bertz CT molecular complexity index is 365. The number of rotatable bonds is 5. The zero-order valence-electron chi connectivity index (χ0n) is 13.2. The van der Waals surface area contributed by atoms with Gasteiger partial charge in [-0.15, -0.1) is 0 Å². The smallest absolute Gasteiger partial charge is 0.248 e. The maximum Gasteiger partial charge on any atom is 0.248 e. The highest BCUT2D eigenvalue weighted by Gasteiger charge is 2.51. The molecule has 1 fully saturated rings. The van der Waals surface area contributed by atoms with Crippen LogP contribution >= 0.6 is 0 Å². The molecule has 1 aliphatic heterocycles. The van der Waals surface area contributed by atoms with Crippen molar-refractivity contribution in [2.75, 3.05) is 6.54 Å². The quantitative estimate of drug-likeness (QED) is 0.832. The molecule has 0 aromatic rings. The summed E-state index contributed by atoms with van der Waals surface area (Å²) in [4.78, 5) is 26.8. The molecular formula is C15H28N2O2. The number of hydrogen-bond acceptors (Lipinski definition) is 2. The van der Waals surface area contributed by atoms with Gasteiger partial charge in [-0.3, -0.25) is 9.59 Å². The van der Waals surface area contributed by atoms with Crippen molar-refractivity contribution in [2.24, 2.45) is 5.92 Å². The van der Waals surface area contributed by atoms with Gasteiger partial charge in [-0.25, -0.2) is 0 Å². The fourth-order valence-electron chi connectivity index (χ4n) is 2.69. The maximum absolute atomic E-state index is 12.6. The van der Waals surface area contributed by atoms with E-state index in [2.05, 4.69) is 19.2 Å². The van der Waals surface area contributed by atoms with Crippen molar-refractivity contribution in [1.82, 2.24) is 10.2 Å². The van der Waals surface area contributed by atoms with Gasteiger partial charge in [-0.1, -0.05) is 27.2 Å². The Kier molecular flexibility index (Phi) is 4.64. The molecular weight excluding hydrogens is 240 g/mol. The van der Waals surface area contributed by atoms with Crippen LogP contribution in [0.2, 0.25) is 0 Å². The second kappa shape index (κ2) is 5.51. The molecule has 1 aliphatic rings. The molecule has 110 valence electrons. The average molecular weight is 268 g/mol. The molecule has 0 saturated carbocycles. The molecule has 19 heavy (non-hydrogen) atoms. The Morgan fingerprint density at radius 3 is 2.26 bits per heavy atom. The molecule has 2 atom stereocenters. The van der Waals surface area contributed by atoms with E-state index in [0.717, 1.165) is 12.8 Å². The molecule has 0 spiro atoms. The number of nitrogens with one attached hydrogen (secondary N) is 1. The molecule has 0 radical (unpaired) electrons. The van der Waals surface area contributed by atoms with Gasteiger partial charge in [0.25, 0.3) is 0 Å². The van der Waals surface area contributed by atoms with Crippen molar-refractivity contribution in [1.29, 1.82) is 0 Å². The van der Waals surface area contributed by atoms with Gasteiger partial charge in [0.15, 0.2) is 0 Å². The van der Waals surface area contributed by atoms with Crippen LogP contribution in [-0.4, -0.2) is 34.3 Å². The standard InChI is InChI=1S/C15H28N2O2/c1-7-9-11(3)10-17-13(19)14(4,5)16-12(18)15(17,6)8-2/h11H,7-10H2,1-6H3,(H,16,18). The van der Waals surface area contributed by atoms with Crippen LogP contribution in [0.3, 0.4) is 0 Å². The largest absolute Gasteiger partial charge is 0.340 e. The third kappa shape index (κ3) is 2.93. The second-order valence-corrected chi connectivity index (χ2v) is 6.52. The average Bonchev–Trinajstić information content (AvgIpc) is 2.32. The summed E-state index contributed by atoms with van der Waals surface area (Å²) in [6.07, 6.45) is 2.81. The molecule has 1 heterocycles. The minimum absolute atomic E-state index is 0.0272. The van der Waals surface area contributed by atoms with Gasteiger partial charge in [-0.05, 0) is 39.5 Å². The minimum Gasteiger partial charge on any atom is -0.340 e. The van der Waals surface area contributed by atoms with E-state index in [9.17, 15) is 9.59 Å². The van der Waals surface area contributed by atoms with E-state index in [1.165, 1.54) is 0 Å². The Morgan fingerprint density at radius 2 is 1.79 bits per heavy atom. The lowest BCUT2D eigenvalue weighted by molar-refractivity contribution is -0.161. The van der Waals surface area contributed by atoms with Crippen molar-refractivity contribution in [2.45, 2.75) is 71.9 Å². The van der Waals surface area contributed by atoms with Gasteiger partial charge < -0.3 is 10.2 Å². The Morgan fingerprint density at radius 1 is 1.21 bits per heavy atom. The van der Waals surface area contributed by atoms with Crippen molar-refractivity contribution in [3.05, 3.63) is 0 Å². The molecule has 4 heteroatoms. The van der Waals surface area contributed by atoms with Gasteiger partial charge in [0.05, 0.1) is 0 Å². The number of carbonyl (C=O) groups excluding carboxylic acids is 2. The van der Waals surface area contributed by atoms with Crippen LogP contribution in [0.5, 0.6) is 0 Å². The van der Waals surface area contributed by atoms with E-state index >= 15 is 0 Å². The number of nitrogens with zero attached hydrogens (tertiary/aromatic N) is 1. The topological polar surface area (TPSA) is 49.4 Å². The molecule has 0 aromatic carbocycles. The molecule has 1 N–H and O–H groups in total. The van der Waals surface area contributed by atoms with Crippen molar-refractivity contribution < 1.29 is 9.59 Å². The summed E-state index contributed by atoms with van der Waals surface area (Å²) >= 11 is 0. The van der Waals surface area contributed by atoms with E-state index in [1.807, 2.05) is 13.8 Å². The third-order valence-corrected chi connectivity index (χ3v) is 4.25. The first-order chi connectivity index (χ1) is 8.69. The monoisotopic (exact) mass is 268 g/mol. The number of hydrogen-bond donors (Lipinski definition) is 1. The van der Waals surface area contributed by atoms with Crippen LogP contribution in [0.1, 0.15) is 60.8 Å². The normalized spacial score (nSPS) is 28.2. The lowest BCUT2D eigenvalue weighted by atomic mass is 9.85. The first kappa shape index (κ1) is 16.0. The Hall–Kier alpha value is -1.06. The summed E-state index contributed by atoms with van der Waals surface area (Å²) in [5.74, 6) is 0.407. The highest BCUT2D eigenvalue weighted by atomic mass is 16.2. The predicted octanol–water partition coefficient (Wildman–Crippen LogP) is 2.33. The zero-order valence-corrected chi connectivity index (χ0v) is 13.2. The predicted molar refractivity (Wildman–Crippen MR) is 76.7 cm³/mol. The lowest BCUT2D eigenvalue weighted by Crippen LogP contribution is -2.73. The number of carbonyl (C=O) groups is 2. The SMILES string of the molecule is CCCC(C)CN1C(=O)C(C)(C)NC(=O)C1(C)CC. The molecule has 0 aromatic heterocycles. The molecule has 4 nitrogen and oxygen atoms in total. The molecule has 1 saturated heterocycles. The van der Waals surface area contributed by atoms with Gasteiger partial charge in [-0.2, -0.15) is 0 Å². The fraction of sp³-hybridized carbons (Fsp3) is 0.867. The summed E-state index contributed by atoms with van der Waals surface area (Å²) in [5.41, 5.74) is -1.51. The van der Waals surface area contributed by atoms with Gasteiger partial charge in [0.1, 0.15) is 11.1 Å². The van der Waals surface area contributed by atoms with Gasteiger partial charge in [0.2, 0.25) is 11.8 Å². The molecule has 2 unspecified atom stereocenters. The highest BCUT2D eigenvalue weighted by Crippen LogP contribution is 2.30. The highest BCUT2D eigenvalue weighted by molar-refractivity contribution is 6.01. The van der Waals surface area contributed by atoms with Crippen LogP contribution in [-0.2, 0) is 9.59 Å². The van der Waals surface area contributed by atoms with Crippen LogP contribution in [0.15, 0.2) is 0 Å². The van der Waals surface area contributed by atoms with Crippen molar-refractivity contribution >= 4 is 11.8 Å². The lowest BCUT2D eigenvalue weighted by Gasteiger charge is -2.49. The molecule has 1 rings (SSSR count). The molecule has 2 amide bonds. The number of piperazine rings is 1. The summed E-state index contributed by atoms with van der Waals surface area (Å²) in [6, 6.07) is 0. The van der Waals surface area contributed by atoms with Gasteiger partial charge in [0, 0.05) is 6.54 Å². The molecule has 0 aliphatic carbocycles. The van der Waals surface area contributed by atoms with E-state index in [0.29, 0.717) is 18.9 Å². The third-order valence-electron chi connectivity index (χ3n) is 4.25. The number of amides is 2. The summed E-state index contributed by atoms with van der Waals surface area (Å²) < 4.78 is 0. The van der Waals surface area contributed by atoms with Crippen LogP contribution in [0, 0.1) is 5.92 Å². The van der Waals surface area contributed by atoms with Crippen LogP contribution in [0.4, 0.5) is 0 Å². The Balaban J connectivity index is 3.04. The van der Waals surface area contributed by atoms with E-state index < -0.39 is 11.1 Å². The van der Waals surface area contributed by atoms with E-state index in [4.69, 9.17) is 0 Å². The maximum atomic E-state index is 12.6.